The van der Waals surface area contributed by atoms with E-state index in [1.54, 1.807) is 23.1 Å². The summed E-state index contributed by atoms with van der Waals surface area (Å²) in [6, 6.07) is 6.42. The Bertz CT molecular complexity index is 1010. The van der Waals surface area contributed by atoms with Gasteiger partial charge in [0.2, 0.25) is 0 Å². The first-order valence-corrected chi connectivity index (χ1v) is 10.7. The van der Waals surface area contributed by atoms with Crippen molar-refractivity contribution in [3.8, 4) is 5.75 Å². The lowest BCUT2D eigenvalue weighted by atomic mass is 9.82. The zero-order chi connectivity index (χ0) is 21.1. The Morgan fingerprint density at radius 1 is 1.30 bits per heavy atom. The SMILES string of the molecule is Cn1nccc1[C@H]1CC[C@H](O)C[C@@H]1Oc1cc(F)c(SNc2ccncn2)cc1Cl. The van der Waals surface area contributed by atoms with Crippen LogP contribution in [0.15, 0.2) is 47.9 Å². The van der Waals surface area contributed by atoms with Crippen molar-refractivity contribution in [2.75, 3.05) is 4.72 Å². The molecule has 4 rings (SSSR count). The maximum Gasteiger partial charge on any atom is 0.142 e. The van der Waals surface area contributed by atoms with Gasteiger partial charge in [0.05, 0.1) is 16.0 Å². The molecule has 0 aliphatic heterocycles. The summed E-state index contributed by atoms with van der Waals surface area (Å²) in [5, 5.41) is 14.7. The van der Waals surface area contributed by atoms with Crippen molar-refractivity contribution in [2.45, 2.75) is 42.3 Å². The Morgan fingerprint density at radius 3 is 2.90 bits per heavy atom. The molecule has 2 heterocycles. The molecule has 3 aromatic rings. The summed E-state index contributed by atoms with van der Waals surface area (Å²) in [5.74, 6) is 0.385. The quantitative estimate of drug-likeness (QED) is 0.545. The van der Waals surface area contributed by atoms with Crippen molar-refractivity contribution in [1.29, 1.82) is 0 Å². The lowest BCUT2D eigenvalue weighted by Crippen LogP contribution is -2.36. The highest BCUT2D eigenvalue weighted by atomic mass is 35.5. The van der Waals surface area contributed by atoms with Crippen molar-refractivity contribution in [2.24, 2.45) is 7.05 Å². The minimum Gasteiger partial charge on any atom is -0.488 e. The third kappa shape index (κ3) is 4.69. The van der Waals surface area contributed by atoms with E-state index >= 15 is 0 Å². The van der Waals surface area contributed by atoms with E-state index in [4.69, 9.17) is 16.3 Å². The molecule has 1 aliphatic rings. The molecule has 1 fully saturated rings. The molecule has 0 bridgehead atoms. The number of ether oxygens (including phenoxy) is 1. The summed E-state index contributed by atoms with van der Waals surface area (Å²) >= 11 is 7.47. The van der Waals surface area contributed by atoms with Gasteiger partial charge in [-0.1, -0.05) is 11.6 Å². The summed E-state index contributed by atoms with van der Waals surface area (Å²) in [6.07, 6.45) is 5.81. The van der Waals surface area contributed by atoms with Gasteiger partial charge >= 0.3 is 0 Å². The third-order valence-electron chi connectivity index (χ3n) is 5.12. The number of benzene rings is 1. The van der Waals surface area contributed by atoms with Crippen LogP contribution >= 0.6 is 23.5 Å². The number of aryl methyl sites for hydroxylation is 1. The van der Waals surface area contributed by atoms with E-state index in [9.17, 15) is 9.50 Å². The lowest BCUT2D eigenvalue weighted by molar-refractivity contribution is 0.0370. The maximum atomic E-state index is 14.7. The second-order valence-electron chi connectivity index (χ2n) is 7.12. The van der Waals surface area contributed by atoms with E-state index in [0.29, 0.717) is 28.6 Å². The third-order valence-corrected chi connectivity index (χ3v) is 6.25. The molecular formula is C20H21ClFN5O2S. The first-order valence-electron chi connectivity index (χ1n) is 9.52. The number of aromatic nitrogens is 4. The van der Waals surface area contributed by atoms with Crippen molar-refractivity contribution >= 4 is 29.4 Å². The number of hydrogen-bond acceptors (Lipinski definition) is 7. The first-order chi connectivity index (χ1) is 14.5. The minimum atomic E-state index is -0.464. The molecule has 0 spiro atoms. The molecular weight excluding hydrogens is 429 g/mol. The van der Waals surface area contributed by atoms with Crippen LogP contribution in [0.1, 0.15) is 30.9 Å². The standard InChI is InChI=1S/C20H21ClFN5O2S/c1-27-16(4-7-25-27)13-3-2-12(28)8-17(13)29-18-10-15(22)19(9-14(18)21)30-26-20-5-6-23-11-24-20/h4-7,9-13,17,28H,2-3,8H2,1H3,(H,23,24,26)/t12-,13+,17-/m0/s1. The number of aliphatic hydroxyl groups excluding tert-OH is 1. The number of anilines is 1. The number of aliphatic hydroxyl groups is 1. The Kier molecular flexibility index (Phi) is 6.40. The molecule has 0 radical (unpaired) electrons. The topological polar surface area (TPSA) is 85.1 Å². The van der Waals surface area contributed by atoms with Crippen LogP contribution in [0.5, 0.6) is 5.75 Å². The highest BCUT2D eigenvalue weighted by Gasteiger charge is 2.34. The fourth-order valence-corrected chi connectivity index (χ4v) is 4.57. The highest BCUT2D eigenvalue weighted by molar-refractivity contribution is 8.00. The number of nitrogens with one attached hydrogen (secondary N) is 1. The van der Waals surface area contributed by atoms with Crippen LogP contribution < -0.4 is 9.46 Å². The molecule has 0 unspecified atom stereocenters. The molecule has 1 aliphatic carbocycles. The van der Waals surface area contributed by atoms with Crippen molar-refractivity contribution in [1.82, 2.24) is 19.7 Å². The minimum absolute atomic E-state index is 0.0357. The molecule has 1 aromatic carbocycles. The van der Waals surface area contributed by atoms with Crippen LogP contribution in [0.2, 0.25) is 5.02 Å². The summed E-state index contributed by atoms with van der Waals surface area (Å²) in [6.45, 7) is 0. The number of halogens is 2. The highest BCUT2D eigenvalue weighted by Crippen LogP contribution is 2.39. The fraction of sp³-hybridized carbons (Fsp3) is 0.350. The summed E-state index contributed by atoms with van der Waals surface area (Å²) < 4.78 is 25.6. The largest absolute Gasteiger partial charge is 0.488 e. The average molecular weight is 450 g/mol. The zero-order valence-electron chi connectivity index (χ0n) is 16.2. The molecule has 2 aromatic heterocycles. The van der Waals surface area contributed by atoms with Crippen LogP contribution in [0.4, 0.5) is 10.2 Å². The van der Waals surface area contributed by atoms with Gasteiger partial charge in [0.1, 0.15) is 29.8 Å². The monoisotopic (exact) mass is 449 g/mol. The van der Waals surface area contributed by atoms with Crippen molar-refractivity contribution in [3.63, 3.8) is 0 Å². The summed E-state index contributed by atoms with van der Waals surface area (Å²) in [5.41, 5.74) is 1.02. The van der Waals surface area contributed by atoms with Crippen molar-refractivity contribution in [3.05, 3.63) is 59.5 Å². The normalized spacial score (nSPS) is 21.4. The molecule has 158 valence electrons. The molecule has 2 N–H and O–H groups in total. The van der Waals surface area contributed by atoms with Gasteiger partial charge < -0.3 is 14.6 Å². The molecule has 0 saturated heterocycles. The van der Waals surface area contributed by atoms with E-state index in [0.717, 1.165) is 24.1 Å². The van der Waals surface area contributed by atoms with Gasteiger partial charge in [-0.05, 0) is 43.0 Å². The van der Waals surface area contributed by atoms with E-state index in [1.807, 2.05) is 13.1 Å². The maximum absolute atomic E-state index is 14.7. The van der Waals surface area contributed by atoms with Gasteiger partial charge in [-0.3, -0.25) is 4.68 Å². The van der Waals surface area contributed by atoms with Gasteiger partial charge in [-0.25, -0.2) is 14.4 Å². The molecule has 30 heavy (non-hydrogen) atoms. The van der Waals surface area contributed by atoms with Crippen LogP contribution in [-0.4, -0.2) is 37.1 Å². The van der Waals surface area contributed by atoms with E-state index in [1.165, 1.54) is 18.5 Å². The molecule has 10 heteroatoms. The van der Waals surface area contributed by atoms with E-state index in [-0.39, 0.29) is 17.8 Å². The van der Waals surface area contributed by atoms with E-state index in [2.05, 4.69) is 19.8 Å². The number of hydrogen-bond donors (Lipinski definition) is 2. The zero-order valence-corrected chi connectivity index (χ0v) is 17.8. The molecule has 1 saturated carbocycles. The Labute approximate surface area is 182 Å². The molecule has 7 nitrogen and oxygen atoms in total. The smallest absolute Gasteiger partial charge is 0.142 e. The van der Waals surface area contributed by atoms with Gasteiger partial charge in [0.15, 0.2) is 0 Å². The van der Waals surface area contributed by atoms with Crippen LogP contribution in [0.25, 0.3) is 0 Å². The number of rotatable bonds is 6. The van der Waals surface area contributed by atoms with E-state index < -0.39 is 11.9 Å². The summed E-state index contributed by atoms with van der Waals surface area (Å²) in [7, 11) is 1.88. The number of nitrogens with zero attached hydrogens (tertiary/aromatic N) is 4. The van der Waals surface area contributed by atoms with Crippen LogP contribution in [0.3, 0.4) is 0 Å². The Hall–Kier alpha value is -2.36. The second-order valence-corrected chi connectivity index (χ2v) is 8.38. The van der Waals surface area contributed by atoms with Crippen LogP contribution in [0, 0.1) is 5.82 Å². The average Bonchev–Trinajstić information content (AvgIpc) is 3.16. The van der Waals surface area contributed by atoms with Gasteiger partial charge in [-0.15, -0.1) is 0 Å². The fourth-order valence-electron chi connectivity index (χ4n) is 3.62. The molecule has 0 amide bonds. The van der Waals surface area contributed by atoms with Gasteiger partial charge in [0, 0.05) is 43.5 Å². The van der Waals surface area contributed by atoms with Crippen molar-refractivity contribution < 1.29 is 14.2 Å². The predicted octanol–water partition coefficient (Wildman–Crippen LogP) is 4.20. The first kappa shape index (κ1) is 20.9. The predicted molar refractivity (Wildman–Crippen MR) is 113 cm³/mol. The molecule has 3 atom stereocenters. The van der Waals surface area contributed by atoms with Gasteiger partial charge in [-0.2, -0.15) is 5.10 Å². The Morgan fingerprint density at radius 2 is 2.17 bits per heavy atom. The second kappa shape index (κ2) is 9.20. The Balaban J connectivity index is 1.51. The van der Waals surface area contributed by atoms with Crippen LogP contribution in [-0.2, 0) is 7.05 Å². The lowest BCUT2D eigenvalue weighted by Gasteiger charge is -2.34. The van der Waals surface area contributed by atoms with Gasteiger partial charge in [0.25, 0.3) is 0 Å². The summed E-state index contributed by atoms with van der Waals surface area (Å²) in [4.78, 5) is 8.19.